The van der Waals surface area contributed by atoms with Crippen LogP contribution in [0.2, 0.25) is 0 Å². The van der Waals surface area contributed by atoms with Crippen molar-refractivity contribution in [3.63, 3.8) is 0 Å². The number of amides is 1. The van der Waals surface area contributed by atoms with E-state index in [1.54, 1.807) is 23.2 Å². The summed E-state index contributed by atoms with van der Waals surface area (Å²) in [5.74, 6) is 0.306. The van der Waals surface area contributed by atoms with Gasteiger partial charge >= 0.3 is 0 Å². The van der Waals surface area contributed by atoms with E-state index in [-0.39, 0.29) is 25.4 Å². The fourth-order valence-corrected chi connectivity index (χ4v) is 5.83. The third-order valence-corrected chi connectivity index (χ3v) is 8.37. The number of benzene rings is 1. The van der Waals surface area contributed by atoms with E-state index in [9.17, 15) is 13.2 Å². The van der Waals surface area contributed by atoms with Gasteiger partial charge in [0.15, 0.2) is 0 Å². The molecule has 0 radical (unpaired) electrons. The van der Waals surface area contributed by atoms with Gasteiger partial charge in [0.25, 0.3) is 0 Å². The molecule has 7 nitrogen and oxygen atoms in total. The van der Waals surface area contributed by atoms with Crippen molar-refractivity contribution < 1.29 is 13.2 Å². The molecule has 0 N–H and O–H groups in total. The van der Waals surface area contributed by atoms with E-state index in [1.807, 2.05) is 35.7 Å². The standard InChI is InChI=1S/C23H26N4O3S2/c1-17(2)18-6-8-20(9-7-18)32(29,30)27-13-11-26(12-14-27)22(28)15-19-16-31-23(25-19)21-5-3-4-10-24-21/h3-10,16-17H,11-15H2,1-2H3. The van der Waals surface area contributed by atoms with Crippen molar-refractivity contribution in [2.45, 2.75) is 31.1 Å². The number of pyridine rings is 1. The minimum absolute atomic E-state index is 0.0406. The maximum atomic E-state index is 13.0. The summed E-state index contributed by atoms with van der Waals surface area (Å²) in [5.41, 5.74) is 2.60. The molecule has 0 saturated carbocycles. The summed E-state index contributed by atoms with van der Waals surface area (Å²) in [6.07, 6.45) is 1.92. The zero-order valence-electron chi connectivity index (χ0n) is 18.1. The van der Waals surface area contributed by atoms with E-state index in [1.165, 1.54) is 15.6 Å². The van der Waals surface area contributed by atoms with Gasteiger partial charge in [0.05, 0.1) is 22.7 Å². The third kappa shape index (κ3) is 4.90. The van der Waals surface area contributed by atoms with Crippen molar-refractivity contribution >= 4 is 27.3 Å². The van der Waals surface area contributed by atoms with Gasteiger partial charge in [-0.15, -0.1) is 11.3 Å². The number of carbonyl (C=O) groups excluding carboxylic acids is 1. The zero-order chi connectivity index (χ0) is 22.7. The smallest absolute Gasteiger partial charge is 0.243 e. The van der Waals surface area contributed by atoms with Crippen LogP contribution in [0.3, 0.4) is 0 Å². The van der Waals surface area contributed by atoms with E-state index < -0.39 is 10.0 Å². The number of hydrogen-bond donors (Lipinski definition) is 0. The zero-order valence-corrected chi connectivity index (χ0v) is 19.8. The van der Waals surface area contributed by atoms with Crippen molar-refractivity contribution in [2.24, 2.45) is 0 Å². The van der Waals surface area contributed by atoms with Crippen molar-refractivity contribution in [3.8, 4) is 10.7 Å². The normalized spacial score (nSPS) is 15.3. The molecule has 3 aromatic rings. The van der Waals surface area contributed by atoms with Crippen LogP contribution in [-0.4, -0.2) is 59.7 Å². The van der Waals surface area contributed by atoms with Gasteiger partial charge in [-0.25, -0.2) is 13.4 Å². The SMILES string of the molecule is CC(C)c1ccc(S(=O)(=O)N2CCN(C(=O)Cc3csc(-c4ccccn4)n3)CC2)cc1. The Morgan fingerprint density at radius 3 is 2.41 bits per heavy atom. The van der Waals surface area contributed by atoms with Crippen molar-refractivity contribution in [2.75, 3.05) is 26.2 Å². The fourth-order valence-electron chi connectivity index (χ4n) is 3.61. The van der Waals surface area contributed by atoms with Gasteiger partial charge in [0.1, 0.15) is 5.01 Å². The van der Waals surface area contributed by atoms with Crippen LogP contribution < -0.4 is 0 Å². The molecule has 1 fully saturated rings. The average Bonchev–Trinajstić information content (AvgIpc) is 3.28. The quantitative estimate of drug-likeness (QED) is 0.551. The van der Waals surface area contributed by atoms with Gasteiger partial charge in [0, 0.05) is 37.8 Å². The molecule has 2 aromatic heterocycles. The van der Waals surface area contributed by atoms with Crippen LogP contribution in [0, 0.1) is 0 Å². The van der Waals surface area contributed by atoms with Crippen molar-refractivity contribution in [1.29, 1.82) is 0 Å². The molecule has 0 aliphatic carbocycles. The van der Waals surface area contributed by atoms with Gasteiger partial charge in [0.2, 0.25) is 15.9 Å². The number of piperazine rings is 1. The molecular weight excluding hydrogens is 444 g/mol. The molecular formula is C23H26N4O3S2. The van der Waals surface area contributed by atoms with Gasteiger partial charge in [-0.3, -0.25) is 9.78 Å². The van der Waals surface area contributed by atoms with Crippen LogP contribution in [0.15, 0.2) is 58.9 Å². The van der Waals surface area contributed by atoms with Gasteiger partial charge in [-0.2, -0.15) is 4.31 Å². The van der Waals surface area contributed by atoms with E-state index in [0.717, 1.165) is 16.3 Å². The van der Waals surface area contributed by atoms with Crippen LogP contribution >= 0.6 is 11.3 Å². The molecule has 32 heavy (non-hydrogen) atoms. The first-order valence-electron chi connectivity index (χ1n) is 10.6. The minimum atomic E-state index is -3.56. The van der Waals surface area contributed by atoms with E-state index >= 15 is 0 Å². The second-order valence-electron chi connectivity index (χ2n) is 8.04. The summed E-state index contributed by atoms with van der Waals surface area (Å²) in [6.45, 7) is 5.47. The molecule has 1 aromatic carbocycles. The Hall–Kier alpha value is -2.62. The third-order valence-electron chi connectivity index (χ3n) is 5.54. The lowest BCUT2D eigenvalue weighted by Crippen LogP contribution is -2.50. The predicted molar refractivity (Wildman–Crippen MR) is 125 cm³/mol. The monoisotopic (exact) mass is 470 g/mol. The van der Waals surface area contributed by atoms with Crippen LogP contribution in [0.4, 0.5) is 0 Å². The molecule has 168 valence electrons. The van der Waals surface area contributed by atoms with Crippen LogP contribution in [-0.2, 0) is 21.2 Å². The largest absolute Gasteiger partial charge is 0.340 e. The Morgan fingerprint density at radius 1 is 1.06 bits per heavy atom. The highest BCUT2D eigenvalue weighted by atomic mass is 32.2. The summed E-state index contributed by atoms with van der Waals surface area (Å²) >= 11 is 1.46. The number of carbonyl (C=O) groups is 1. The molecule has 0 atom stereocenters. The predicted octanol–water partition coefficient (Wildman–Crippen LogP) is 3.40. The first-order chi connectivity index (χ1) is 15.3. The molecule has 1 amide bonds. The van der Waals surface area contributed by atoms with Gasteiger partial charge < -0.3 is 4.90 Å². The van der Waals surface area contributed by atoms with Gasteiger partial charge in [-0.05, 0) is 35.7 Å². The minimum Gasteiger partial charge on any atom is -0.340 e. The lowest BCUT2D eigenvalue weighted by Gasteiger charge is -2.34. The molecule has 0 spiro atoms. The molecule has 1 saturated heterocycles. The lowest BCUT2D eigenvalue weighted by molar-refractivity contribution is -0.131. The molecule has 1 aliphatic heterocycles. The number of thiazole rings is 1. The maximum Gasteiger partial charge on any atom is 0.243 e. The van der Waals surface area contributed by atoms with Crippen molar-refractivity contribution in [1.82, 2.24) is 19.2 Å². The number of rotatable bonds is 6. The van der Waals surface area contributed by atoms with Crippen LogP contribution in [0.1, 0.15) is 31.0 Å². The average molecular weight is 471 g/mol. The summed E-state index contributed by atoms with van der Waals surface area (Å²) in [4.78, 5) is 23.6. The summed E-state index contributed by atoms with van der Waals surface area (Å²) < 4.78 is 27.4. The Bertz CT molecular complexity index is 1170. The molecule has 0 bridgehead atoms. The molecule has 9 heteroatoms. The Morgan fingerprint density at radius 2 is 1.78 bits per heavy atom. The molecule has 4 rings (SSSR count). The highest BCUT2D eigenvalue weighted by Gasteiger charge is 2.30. The molecule has 0 unspecified atom stereocenters. The first kappa shape index (κ1) is 22.6. The maximum absolute atomic E-state index is 13.0. The van der Waals surface area contributed by atoms with E-state index in [2.05, 4.69) is 23.8 Å². The lowest BCUT2D eigenvalue weighted by atomic mass is 10.0. The first-order valence-corrected chi connectivity index (χ1v) is 12.9. The van der Waals surface area contributed by atoms with Crippen molar-refractivity contribution in [3.05, 3.63) is 65.3 Å². The van der Waals surface area contributed by atoms with E-state index in [4.69, 9.17) is 0 Å². The number of hydrogen-bond acceptors (Lipinski definition) is 6. The van der Waals surface area contributed by atoms with Gasteiger partial charge in [-0.1, -0.05) is 32.0 Å². The highest BCUT2D eigenvalue weighted by molar-refractivity contribution is 7.89. The number of nitrogens with zero attached hydrogens (tertiary/aromatic N) is 4. The Labute approximate surface area is 192 Å². The second kappa shape index (κ2) is 9.48. The summed E-state index contributed by atoms with van der Waals surface area (Å²) in [7, 11) is -3.56. The second-order valence-corrected chi connectivity index (χ2v) is 10.8. The number of aromatic nitrogens is 2. The molecule has 3 heterocycles. The number of sulfonamides is 1. The Kier molecular flexibility index (Phi) is 6.68. The van der Waals surface area contributed by atoms with Crippen LogP contribution in [0.25, 0.3) is 10.7 Å². The Balaban J connectivity index is 1.35. The van der Waals surface area contributed by atoms with Crippen LogP contribution in [0.5, 0.6) is 0 Å². The molecule has 1 aliphatic rings. The van der Waals surface area contributed by atoms with E-state index in [0.29, 0.717) is 29.6 Å². The summed E-state index contributed by atoms with van der Waals surface area (Å²) in [5, 5.41) is 2.66. The fraction of sp³-hybridized carbons (Fsp3) is 0.348. The summed E-state index contributed by atoms with van der Waals surface area (Å²) in [6, 6.07) is 12.7. The highest BCUT2D eigenvalue weighted by Crippen LogP contribution is 2.23. The topological polar surface area (TPSA) is 83.5 Å².